The summed E-state index contributed by atoms with van der Waals surface area (Å²) in [6, 6.07) is 13.1. The highest BCUT2D eigenvalue weighted by Crippen LogP contribution is 2.27. The van der Waals surface area contributed by atoms with Crippen LogP contribution in [0.25, 0.3) is 0 Å². The van der Waals surface area contributed by atoms with Crippen LogP contribution in [0.5, 0.6) is 11.5 Å². The predicted molar refractivity (Wildman–Crippen MR) is 101 cm³/mol. The first-order valence-corrected chi connectivity index (χ1v) is 8.98. The average Bonchev–Trinajstić information content (AvgIpc) is 2.65. The van der Waals surface area contributed by atoms with Gasteiger partial charge in [0.1, 0.15) is 0 Å². The number of benzene rings is 2. The smallest absolute Gasteiger partial charge is 0.248 e. The fourth-order valence-electron chi connectivity index (χ4n) is 2.18. The fraction of sp³-hybridized carbons (Fsp3) is 0.263. The molecule has 0 aromatic heterocycles. The lowest BCUT2D eigenvalue weighted by Gasteiger charge is -2.10. The van der Waals surface area contributed by atoms with Gasteiger partial charge in [0, 0.05) is 4.90 Å². The zero-order valence-corrected chi connectivity index (χ0v) is 15.8. The van der Waals surface area contributed by atoms with Crippen LogP contribution < -0.4 is 20.3 Å². The number of hydrazine groups is 1. The van der Waals surface area contributed by atoms with Crippen molar-refractivity contribution in [2.24, 2.45) is 0 Å². The maximum absolute atomic E-state index is 12.0. The number of methoxy groups -OCH3 is 2. The third-order valence-electron chi connectivity index (χ3n) is 3.54. The van der Waals surface area contributed by atoms with Crippen LogP contribution in [0.1, 0.15) is 11.1 Å². The molecule has 0 atom stereocenters. The lowest BCUT2D eigenvalue weighted by atomic mass is 10.1. The van der Waals surface area contributed by atoms with Crippen LogP contribution in [0.2, 0.25) is 0 Å². The molecule has 2 N–H and O–H groups in total. The number of aryl methyl sites for hydroxylation is 1. The minimum absolute atomic E-state index is 0.117. The largest absolute Gasteiger partial charge is 0.493 e. The van der Waals surface area contributed by atoms with Crippen LogP contribution in [0.4, 0.5) is 0 Å². The van der Waals surface area contributed by atoms with Crippen molar-refractivity contribution in [3.8, 4) is 11.5 Å². The molecule has 6 nitrogen and oxygen atoms in total. The number of thioether (sulfide) groups is 1. The first kappa shape index (κ1) is 19.7. The third kappa shape index (κ3) is 6.00. The second-order valence-electron chi connectivity index (χ2n) is 5.56. The first-order chi connectivity index (χ1) is 12.5. The molecule has 2 aromatic carbocycles. The maximum Gasteiger partial charge on any atom is 0.248 e. The van der Waals surface area contributed by atoms with Gasteiger partial charge in [-0.05, 0) is 36.8 Å². The topological polar surface area (TPSA) is 76.7 Å². The first-order valence-electron chi connectivity index (χ1n) is 8.00. The van der Waals surface area contributed by atoms with Crippen molar-refractivity contribution >= 4 is 23.6 Å². The molecule has 7 heteroatoms. The van der Waals surface area contributed by atoms with E-state index >= 15 is 0 Å². The van der Waals surface area contributed by atoms with E-state index in [2.05, 4.69) is 10.9 Å². The molecule has 0 bridgehead atoms. The monoisotopic (exact) mass is 374 g/mol. The van der Waals surface area contributed by atoms with Gasteiger partial charge in [0.25, 0.3) is 0 Å². The van der Waals surface area contributed by atoms with E-state index in [1.54, 1.807) is 25.3 Å². The van der Waals surface area contributed by atoms with Crippen molar-refractivity contribution in [2.75, 3.05) is 20.0 Å². The van der Waals surface area contributed by atoms with Gasteiger partial charge in [-0.15, -0.1) is 11.8 Å². The quantitative estimate of drug-likeness (QED) is 0.575. The molecule has 2 aromatic rings. The summed E-state index contributed by atoms with van der Waals surface area (Å²) >= 11 is 1.41. The van der Waals surface area contributed by atoms with Gasteiger partial charge in [0.2, 0.25) is 11.8 Å². The number of amides is 2. The summed E-state index contributed by atoms with van der Waals surface area (Å²) in [6.07, 6.45) is 0.117. The van der Waals surface area contributed by atoms with Crippen molar-refractivity contribution in [1.29, 1.82) is 0 Å². The molecule has 0 spiro atoms. The molecule has 0 radical (unpaired) electrons. The van der Waals surface area contributed by atoms with Crippen LogP contribution in [0.3, 0.4) is 0 Å². The van der Waals surface area contributed by atoms with Crippen LogP contribution in [-0.2, 0) is 16.0 Å². The molecule has 0 unspecified atom stereocenters. The molecule has 2 rings (SSSR count). The number of ether oxygens (including phenoxy) is 2. The van der Waals surface area contributed by atoms with E-state index in [0.29, 0.717) is 11.5 Å². The van der Waals surface area contributed by atoms with E-state index in [4.69, 9.17) is 9.47 Å². The Kier molecular flexibility index (Phi) is 7.35. The summed E-state index contributed by atoms with van der Waals surface area (Å²) in [6.45, 7) is 2.01. The molecule has 0 heterocycles. The zero-order chi connectivity index (χ0) is 18.9. The Morgan fingerprint density at radius 1 is 0.923 bits per heavy atom. The summed E-state index contributed by atoms with van der Waals surface area (Å²) in [5.41, 5.74) is 6.76. The van der Waals surface area contributed by atoms with E-state index in [1.807, 2.05) is 31.2 Å². The lowest BCUT2D eigenvalue weighted by molar-refractivity contribution is -0.127. The van der Waals surface area contributed by atoms with Crippen LogP contribution in [0.15, 0.2) is 47.4 Å². The normalized spacial score (nSPS) is 10.1. The second-order valence-corrected chi connectivity index (χ2v) is 6.61. The molecule has 0 fully saturated rings. The predicted octanol–water partition coefficient (Wildman–Crippen LogP) is 2.49. The van der Waals surface area contributed by atoms with Crippen molar-refractivity contribution in [1.82, 2.24) is 10.9 Å². The van der Waals surface area contributed by atoms with Crippen LogP contribution >= 0.6 is 11.8 Å². The fourth-order valence-corrected chi connectivity index (χ4v) is 2.88. The highest BCUT2D eigenvalue weighted by Gasteiger charge is 2.09. The summed E-state index contributed by atoms with van der Waals surface area (Å²) in [5.74, 6) is 0.788. The minimum atomic E-state index is -0.314. The molecule has 0 saturated heterocycles. The molecule has 0 aliphatic heterocycles. The average molecular weight is 374 g/mol. The standard InChI is InChI=1S/C19H22N2O4S/c1-13-4-7-15(8-5-13)26-12-19(23)21-20-18(22)11-14-6-9-16(24-2)17(10-14)25-3/h4-10H,11-12H2,1-3H3,(H,20,22)(H,21,23). The Balaban J connectivity index is 1.77. The van der Waals surface area contributed by atoms with E-state index in [-0.39, 0.29) is 24.0 Å². The van der Waals surface area contributed by atoms with Gasteiger partial charge in [-0.2, -0.15) is 0 Å². The van der Waals surface area contributed by atoms with Gasteiger partial charge >= 0.3 is 0 Å². The van der Waals surface area contributed by atoms with Gasteiger partial charge in [0.15, 0.2) is 11.5 Å². The molecule has 26 heavy (non-hydrogen) atoms. The summed E-state index contributed by atoms with van der Waals surface area (Å²) in [7, 11) is 3.09. The van der Waals surface area contributed by atoms with E-state index < -0.39 is 0 Å². The van der Waals surface area contributed by atoms with Gasteiger partial charge in [-0.25, -0.2) is 0 Å². The Labute approximate surface area is 157 Å². The Morgan fingerprint density at radius 2 is 1.58 bits per heavy atom. The summed E-state index contributed by atoms with van der Waals surface area (Å²) < 4.78 is 10.4. The van der Waals surface area contributed by atoms with Crippen molar-refractivity contribution < 1.29 is 19.1 Å². The van der Waals surface area contributed by atoms with Gasteiger partial charge in [0.05, 0.1) is 26.4 Å². The summed E-state index contributed by atoms with van der Waals surface area (Å²) in [5, 5.41) is 0. The number of hydrogen-bond donors (Lipinski definition) is 2. The number of carbonyl (C=O) groups is 2. The number of carbonyl (C=O) groups excluding carboxylic acids is 2. The molecule has 2 amide bonds. The van der Waals surface area contributed by atoms with Crippen molar-refractivity contribution in [3.05, 3.63) is 53.6 Å². The Morgan fingerprint density at radius 3 is 2.23 bits per heavy atom. The van der Waals surface area contributed by atoms with Gasteiger partial charge < -0.3 is 9.47 Å². The van der Waals surface area contributed by atoms with E-state index in [0.717, 1.165) is 10.5 Å². The van der Waals surface area contributed by atoms with Gasteiger partial charge in [-0.1, -0.05) is 23.8 Å². The second kappa shape index (κ2) is 9.72. The van der Waals surface area contributed by atoms with Crippen LogP contribution in [-0.4, -0.2) is 31.8 Å². The van der Waals surface area contributed by atoms with E-state index in [1.165, 1.54) is 24.4 Å². The summed E-state index contributed by atoms with van der Waals surface area (Å²) in [4.78, 5) is 24.8. The SMILES string of the molecule is COc1ccc(CC(=O)NNC(=O)CSc2ccc(C)cc2)cc1OC. The molecule has 0 saturated carbocycles. The minimum Gasteiger partial charge on any atom is -0.493 e. The van der Waals surface area contributed by atoms with Crippen molar-refractivity contribution in [3.63, 3.8) is 0 Å². The highest BCUT2D eigenvalue weighted by atomic mass is 32.2. The molecular weight excluding hydrogens is 352 g/mol. The number of nitrogens with one attached hydrogen (secondary N) is 2. The van der Waals surface area contributed by atoms with Crippen LogP contribution in [0, 0.1) is 6.92 Å². The van der Waals surface area contributed by atoms with E-state index in [9.17, 15) is 9.59 Å². The molecule has 0 aliphatic rings. The zero-order valence-electron chi connectivity index (χ0n) is 15.0. The highest BCUT2D eigenvalue weighted by molar-refractivity contribution is 8.00. The Hall–Kier alpha value is -2.67. The number of hydrogen-bond acceptors (Lipinski definition) is 5. The lowest BCUT2D eigenvalue weighted by Crippen LogP contribution is -2.43. The third-order valence-corrected chi connectivity index (χ3v) is 4.56. The Bertz CT molecular complexity index is 763. The molecule has 0 aliphatic carbocycles. The molecular formula is C19H22N2O4S. The van der Waals surface area contributed by atoms with Gasteiger partial charge in [-0.3, -0.25) is 20.4 Å². The van der Waals surface area contributed by atoms with Crippen molar-refractivity contribution in [2.45, 2.75) is 18.2 Å². The maximum atomic E-state index is 12.0. The number of rotatable bonds is 7. The molecule has 138 valence electrons.